The van der Waals surface area contributed by atoms with Crippen LogP contribution in [-0.2, 0) is 9.59 Å². The smallest absolute Gasteiger partial charge is 0.155 e. The van der Waals surface area contributed by atoms with Crippen LogP contribution in [0.1, 0.15) is 79.6 Å². The van der Waals surface area contributed by atoms with Gasteiger partial charge in [0.2, 0.25) is 0 Å². The molecule has 0 aliphatic heterocycles. The Hall–Kier alpha value is -0.920. The molecule has 3 saturated carbocycles. The number of allylic oxidation sites excluding steroid dienone is 1. The topological polar surface area (TPSA) is 34.1 Å². The molecule has 0 aromatic carbocycles. The summed E-state index contributed by atoms with van der Waals surface area (Å²) in [5.41, 5.74) is 1.66. The second-order valence-corrected chi connectivity index (χ2v) is 10.3. The molecule has 25 heavy (non-hydrogen) atoms. The van der Waals surface area contributed by atoms with Crippen molar-refractivity contribution in [3.8, 4) is 0 Å². The molecule has 0 aromatic rings. The van der Waals surface area contributed by atoms with Crippen molar-refractivity contribution in [2.45, 2.75) is 79.6 Å². The molecule has 0 unspecified atom stereocenters. The highest BCUT2D eigenvalue weighted by Crippen LogP contribution is 2.71. The molecule has 0 aromatic heterocycles. The van der Waals surface area contributed by atoms with Gasteiger partial charge in [0, 0.05) is 11.8 Å². The summed E-state index contributed by atoms with van der Waals surface area (Å²) in [6.45, 7) is 11.3. The molecular weight excluding hydrogens is 308 g/mol. The van der Waals surface area contributed by atoms with Crippen molar-refractivity contribution in [2.24, 2.45) is 39.9 Å². The lowest BCUT2D eigenvalue weighted by Gasteiger charge is -2.59. The highest BCUT2D eigenvalue weighted by Gasteiger charge is 2.66. The second-order valence-electron chi connectivity index (χ2n) is 10.3. The van der Waals surface area contributed by atoms with Gasteiger partial charge in [-0.05, 0) is 86.0 Å². The van der Waals surface area contributed by atoms with E-state index in [1.165, 1.54) is 31.3 Å². The number of rotatable bonds is 1. The van der Waals surface area contributed by atoms with E-state index in [4.69, 9.17) is 0 Å². The highest BCUT2D eigenvalue weighted by molar-refractivity contribution is 5.91. The molecule has 2 heteroatoms. The molecule has 4 aliphatic rings. The van der Waals surface area contributed by atoms with Gasteiger partial charge in [0.05, 0.1) is 0 Å². The number of Topliss-reactive ketones (excluding diaryl/α,β-unsaturated/α-hetero) is 1. The second kappa shape index (κ2) is 5.30. The van der Waals surface area contributed by atoms with Gasteiger partial charge in [0.15, 0.2) is 5.78 Å². The van der Waals surface area contributed by atoms with E-state index >= 15 is 0 Å². The SMILES string of the molecule is CC(=O)[C@]1(C)[C@@H](C)C[C@H]2[C@H]3CCC4=CC(=O)CC[C@@]4(C)[C@@H]3CC[C@]21C. The van der Waals surface area contributed by atoms with Crippen LogP contribution in [0.4, 0.5) is 0 Å². The first-order chi connectivity index (χ1) is 11.6. The summed E-state index contributed by atoms with van der Waals surface area (Å²) in [7, 11) is 0. The summed E-state index contributed by atoms with van der Waals surface area (Å²) < 4.78 is 0. The maximum atomic E-state index is 12.7. The van der Waals surface area contributed by atoms with E-state index in [0.29, 0.717) is 29.3 Å². The lowest BCUT2D eigenvalue weighted by atomic mass is 9.45. The van der Waals surface area contributed by atoms with Crippen molar-refractivity contribution in [3.05, 3.63) is 11.6 Å². The third-order valence-electron chi connectivity index (χ3n) is 9.86. The van der Waals surface area contributed by atoms with E-state index in [1.807, 2.05) is 13.0 Å². The fourth-order valence-corrected chi connectivity index (χ4v) is 7.89. The van der Waals surface area contributed by atoms with Crippen molar-refractivity contribution in [2.75, 3.05) is 0 Å². The maximum Gasteiger partial charge on any atom is 0.155 e. The normalized spacial score (nSPS) is 52.0. The van der Waals surface area contributed by atoms with Crippen LogP contribution in [0.2, 0.25) is 0 Å². The summed E-state index contributed by atoms with van der Waals surface area (Å²) in [4.78, 5) is 24.6. The first kappa shape index (κ1) is 17.5. The third kappa shape index (κ3) is 2.03. The molecule has 4 aliphatic carbocycles. The minimum Gasteiger partial charge on any atom is -0.299 e. The van der Waals surface area contributed by atoms with Crippen molar-refractivity contribution in [1.82, 2.24) is 0 Å². The van der Waals surface area contributed by atoms with Crippen molar-refractivity contribution >= 4 is 11.6 Å². The van der Waals surface area contributed by atoms with Gasteiger partial charge in [-0.15, -0.1) is 0 Å². The minimum atomic E-state index is -0.164. The molecule has 0 N–H and O–H groups in total. The van der Waals surface area contributed by atoms with Crippen LogP contribution < -0.4 is 0 Å². The molecule has 138 valence electrons. The van der Waals surface area contributed by atoms with E-state index in [2.05, 4.69) is 27.7 Å². The minimum absolute atomic E-state index is 0.154. The molecule has 4 rings (SSSR count). The predicted molar refractivity (Wildman–Crippen MR) is 100 cm³/mol. The van der Waals surface area contributed by atoms with Crippen LogP contribution in [0.15, 0.2) is 11.6 Å². The van der Waals surface area contributed by atoms with Gasteiger partial charge < -0.3 is 0 Å². The Bertz CT molecular complexity index is 661. The first-order valence-corrected chi connectivity index (χ1v) is 10.4. The molecule has 0 heterocycles. The zero-order valence-corrected chi connectivity index (χ0v) is 16.7. The largest absolute Gasteiger partial charge is 0.299 e. The molecule has 2 nitrogen and oxygen atoms in total. The molecule has 0 spiro atoms. The summed E-state index contributed by atoms with van der Waals surface area (Å²) in [5.74, 6) is 3.33. The van der Waals surface area contributed by atoms with Crippen LogP contribution in [0.5, 0.6) is 0 Å². The molecule has 0 saturated heterocycles. The Balaban J connectivity index is 1.72. The monoisotopic (exact) mass is 342 g/mol. The molecule has 0 bridgehead atoms. The zero-order chi connectivity index (χ0) is 18.2. The lowest BCUT2D eigenvalue weighted by Crippen LogP contribution is -2.53. The molecular formula is C23H34O2. The van der Waals surface area contributed by atoms with Gasteiger partial charge in [-0.25, -0.2) is 0 Å². The Morgan fingerprint density at radius 1 is 1.08 bits per heavy atom. The lowest BCUT2D eigenvalue weighted by molar-refractivity contribution is -0.141. The highest BCUT2D eigenvalue weighted by atomic mass is 16.1. The molecule has 7 atom stereocenters. The predicted octanol–water partition coefficient (Wildman–Crippen LogP) is 5.36. The van der Waals surface area contributed by atoms with Crippen molar-refractivity contribution in [3.63, 3.8) is 0 Å². The summed E-state index contributed by atoms with van der Waals surface area (Å²) >= 11 is 0. The number of hydrogen-bond donors (Lipinski definition) is 0. The molecule has 0 amide bonds. The summed E-state index contributed by atoms with van der Waals surface area (Å²) in [6.07, 6.45) is 9.70. The maximum absolute atomic E-state index is 12.7. The van der Waals surface area contributed by atoms with Crippen LogP contribution in [0.25, 0.3) is 0 Å². The van der Waals surface area contributed by atoms with Crippen molar-refractivity contribution in [1.29, 1.82) is 0 Å². The number of hydrogen-bond acceptors (Lipinski definition) is 2. The van der Waals surface area contributed by atoms with Crippen LogP contribution >= 0.6 is 0 Å². The van der Waals surface area contributed by atoms with E-state index < -0.39 is 0 Å². The summed E-state index contributed by atoms with van der Waals surface area (Å²) in [5, 5.41) is 0. The average Bonchev–Trinajstić information content (AvgIpc) is 2.77. The Morgan fingerprint density at radius 2 is 1.80 bits per heavy atom. The van der Waals surface area contributed by atoms with E-state index in [9.17, 15) is 9.59 Å². The van der Waals surface area contributed by atoms with Crippen LogP contribution in [0.3, 0.4) is 0 Å². The Morgan fingerprint density at radius 3 is 2.48 bits per heavy atom. The van der Waals surface area contributed by atoms with Gasteiger partial charge in [-0.2, -0.15) is 0 Å². The van der Waals surface area contributed by atoms with Gasteiger partial charge in [0.1, 0.15) is 5.78 Å². The fourth-order valence-electron chi connectivity index (χ4n) is 7.89. The fraction of sp³-hybridized carbons (Fsp3) is 0.826. The quantitative estimate of drug-likeness (QED) is 0.643. The number of ketones is 2. The Labute approximate surface area is 152 Å². The van der Waals surface area contributed by atoms with E-state index in [-0.39, 0.29) is 16.2 Å². The van der Waals surface area contributed by atoms with Gasteiger partial charge >= 0.3 is 0 Å². The van der Waals surface area contributed by atoms with E-state index in [0.717, 1.165) is 25.2 Å². The Kier molecular flexibility index (Phi) is 3.71. The van der Waals surface area contributed by atoms with Gasteiger partial charge in [0.25, 0.3) is 0 Å². The standard InChI is InChI=1S/C23H34O2/c1-14-12-20-18-7-6-16-13-17(25)8-10-21(16,3)19(18)9-11-22(20,4)23(14,5)15(2)24/h13-14,18-20H,6-12H2,1-5H3/t14-,18-,19+,20-,21+,22+,23-/m0/s1. The van der Waals surface area contributed by atoms with Crippen LogP contribution in [0, 0.1) is 39.9 Å². The zero-order valence-electron chi connectivity index (χ0n) is 16.7. The van der Waals surface area contributed by atoms with Crippen molar-refractivity contribution < 1.29 is 9.59 Å². The van der Waals surface area contributed by atoms with Gasteiger partial charge in [-0.3, -0.25) is 9.59 Å². The number of carbonyl (C=O) groups is 2. The number of fused-ring (bicyclic) bond motifs is 5. The first-order valence-electron chi connectivity index (χ1n) is 10.4. The average molecular weight is 343 g/mol. The molecule has 0 radical (unpaired) electrons. The third-order valence-corrected chi connectivity index (χ3v) is 9.86. The van der Waals surface area contributed by atoms with Gasteiger partial charge in [-0.1, -0.05) is 33.3 Å². The molecule has 3 fully saturated rings. The van der Waals surface area contributed by atoms with Crippen LogP contribution in [-0.4, -0.2) is 11.6 Å². The number of carbonyl (C=O) groups excluding carboxylic acids is 2. The summed E-state index contributed by atoms with van der Waals surface area (Å²) in [6, 6.07) is 0. The van der Waals surface area contributed by atoms with E-state index in [1.54, 1.807) is 0 Å².